The van der Waals surface area contributed by atoms with Gasteiger partial charge in [0.15, 0.2) is 0 Å². The number of hydrogen-bond acceptors (Lipinski definition) is 4. The Morgan fingerprint density at radius 3 is 2.55 bits per heavy atom. The van der Waals surface area contributed by atoms with Crippen molar-refractivity contribution in [3.63, 3.8) is 0 Å². The van der Waals surface area contributed by atoms with Gasteiger partial charge in [-0.15, -0.1) is 0 Å². The summed E-state index contributed by atoms with van der Waals surface area (Å²) in [6.07, 6.45) is 0.758. The maximum atomic E-state index is 13.1. The van der Waals surface area contributed by atoms with Gasteiger partial charge in [-0.1, -0.05) is 6.92 Å². The lowest BCUT2D eigenvalue weighted by molar-refractivity contribution is 0.627. The Hall–Kier alpha value is -1.44. The largest absolute Gasteiger partial charge is 0.370 e. The highest BCUT2D eigenvalue weighted by molar-refractivity contribution is 14.1. The van der Waals surface area contributed by atoms with E-state index in [2.05, 4.69) is 43.2 Å². The Balaban J connectivity index is 2.29. The number of anilines is 3. The predicted molar refractivity (Wildman–Crippen MR) is 88.0 cm³/mol. The number of nitrogens with zero attached hydrogens (tertiary/aromatic N) is 2. The molecule has 106 valence electrons. The van der Waals surface area contributed by atoms with Crippen molar-refractivity contribution in [3.05, 3.63) is 39.5 Å². The topological polar surface area (TPSA) is 49.8 Å². The standard InChI is InChI=1S/C14H16FIN4/c1-3-12-19-13(17-4-2)8-14(20-12)18-11-6-5-9(15)7-10(11)16/h5-8H,3-4H2,1-2H3,(H2,17,18,19,20). The molecule has 1 heterocycles. The molecule has 2 rings (SSSR count). The van der Waals surface area contributed by atoms with Crippen LogP contribution in [0.25, 0.3) is 0 Å². The van der Waals surface area contributed by atoms with Gasteiger partial charge in [-0.25, -0.2) is 14.4 Å². The van der Waals surface area contributed by atoms with E-state index in [4.69, 9.17) is 0 Å². The van der Waals surface area contributed by atoms with E-state index in [0.29, 0.717) is 5.82 Å². The van der Waals surface area contributed by atoms with Crippen molar-refractivity contribution in [3.8, 4) is 0 Å². The first-order valence-corrected chi connectivity index (χ1v) is 7.54. The molecule has 0 saturated heterocycles. The summed E-state index contributed by atoms with van der Waals surface area (Å²) >= 11 is 2.09. The van der Waals surface area contributed by atoms with Crippen LogP contribution in [0.15, 0.2) is 24.3 Å². The molecule has 0 amide bonds. The lowest BCUT2D eigenvalue weighted by atomic mass is 10.3. The third-order valence-corrected chi connectivity index (χ3v) is 3.53. The maximum absolute atomic E-state index is 13.1. The number of aryl methyl sites for hydroxylation is 1. The van der Waals surface area contributed by atoms with Crippen LogP contribution in [0.1, 0.15) is 19.7 Å². The second-order valence-corrected chi connectivity index (χ2v) is 5.35. The molecule has 0 saturated carbocycles. The molecular formula is C14H16FIN4. The fourth-order valence-electron chi connectivity index (χ4n) is 1.72. The highest BCUT2D eigenvalue weighted by Crippen LogP contribution is 2.23. The van der Waals surface area contributed by atoms with Crippen LogP contribution < -0.4 is 10.6 Å². The second-order valence-electron chi connectivity index (χ2n) is 4.19. The maximum Gasteiger partial charge on any atom is 0.136 e. The fraction of sp³-hybridized carbons (Fsp3) is 0.286. The Bertz CT molecular complexity index is 604. The normalized spacial score (nSPS) is 10.4. The minimum Gasteiger partial charge on any atom is -0.370 e. The van der Waals surface area contributed by atoms with Crippen molar-refractivity contribution in [2.45, 2.75) is 20.3 Å². The van der Waals surface area contributed by atoms with Gasteiger partial charge >= 0.3 is 0 Å². The zero-order valence-corrected chi connectivity index (χ0v) is 13.5. The van der Waals surface area contributed by atoms with Gasteiger partial charge in [-0.3, -0.25) is 0 Å². The van der Waals surface area contributed by atoms with E-state index in [1.807, 2.05) is 19.9 Å². The van der Waals surface area contributed by atoms with Gasteiger partial charge in [-0.05, 0) is 47.7 Å². The van der Waals surface area contributed by atoms with E-state index in [9.17, 15) is 4.39 Å². The Kier molecular flexibility index (Phi) is 5.11. The zero-order chi connectivity index (χ0) is 14.5. The molecule has 0 unspecified atom stereocenters. The average Bonchev–Trinajstić information content (AvgIpc) is 2.42. The Labute approximate surface area is 131 Å². The van der Waals surface area contributed by atoms with Crippen molar-refractivity contribution in [2.75, 3.05) is 17.2 Å². The Morgan fingerprint density at radius 2 is 1.90 bits per heavy atom. The summed E-state index contributed by atoms with van der Waals surface area (Å²) < 4.78 is 13.9. The molecule has 2 aromatic rings. The van der Waals surface area contributed by atoms with E-state index in [0.717, 1.165) is 33.9 Å². The molecule has 0 atom stereocenters. The van der Waals surface area contributed by atoms with Crippen LogP contribution in [0.3, 0.4) is 0 Å². The SMILES string of the molecule is CCNc1cc(Nc2ccc(F)cc2I)nc(CC)n1. The first kappa shape index (κ1) is 15.0. The predicted octanol–water partition coefficient (Wildman–Crippen LogP) is 3.96. The van der Waals surface area contributed by atoms with Crippen molar-refractivity contribution < 1.29 is 4.39 Å². The van der Waals surface area contributed by atoms with E-state index in [1.165, 1.54) is 12.1 Å². The van der Waals surface area contributed by atoms with Gasteiger partial charge in [0.25, 0.3) is 0 Å². The van der Waals surface area contributed by atoms with Crippen LogP contribution in [0.4, 0.5) is 21.7 Å². The third kappa shape index (κ3) is 3.78. The van der Waals surface area contributed by atoms with E-state index in [1.54, 1.807) is 6.07 Å². The molecule has 0 bridgehead atoms. The molecule has 20 heavy (non-hydrogen) atoms. The summed E-state index contributed by atoms with van der Waals surface area (Å²) in [4.78, 5) is 8.83. The lowest BCUT2D eigenvalue weighted by Gasteiger charge is -2.11. The minimum atomic E-state index is -0.245. The average molecular weight is 386 g/mol. The highest BCUT2D eigenvalue weighted by Gasteiger charge is 2.06. The van der Waals surface area contributed by atoms with Gasteiger partial charge in [0.05, 0.1) is 5.69 Å². The van der Waals surface area contributed by atoms with Crippen molar-refractivity contribution >= 4 is 39.9 Å². The van der Waals surface area contributed by atoms with Crippen LogP contribution in [0, 0.1) is 9.39 Å². The quantitative estimate of drug-likeness (QED) is 0.764. The fourth-order valence-corrected chi connectivity index (χ4v) is 2.33. The Morgan fingerprint density at radius 1 is 1.15 bits per heavy atom. The van der Waals surface area contributed by atoms with Crippen LogP contribution in [-0.2, 0) is 6.42 Å². The van der Waals surface area contributed by atoms with E-state index in [-0.39, 0.29) is 5.82 Å². The smallest absolute Gasteiger partial charge is 0.136 e. The van der Waals surface area contributed by atoms with Crippen LogP contribution in [0.2, 0.25) is 0 Å². The number of benzene rings is 1. The zero-order valence-electron chi connectivity index (χ0n) is 11.4. The molecule has 2 N–H and O–H groups in total. The van der Waals surface area contributed by atoms with Gasteiger partial charge < -0.3 is 10.6 Å². The molecule has 0 spiro atoms. The molecule has 0 aliphatic carbocycles. The summed E-state index contributed by atoms with van der Waals surface area (Å²) in [5.41, 5.74) is 0.829. The van der Waals surface area contributed by atoms with Gasteiger partial charge in [0.2, 0.25) is 0 Å². The number of hydrogen-bond donors (Lipinski definition) is 2. The minimum absolute atomic E-state index is 0.245. The highest BCUT2D eigenvalue weighted by atomic mass is 127. The van der Waals surface area contributed by atoms with Crippen molar-refractivity contribution in [1.29, 1.82) is 0 Å². The van der Waals surface area contributed by atoms with Crippen LogP contribution in [-0.4, -0.2) is 16.5 Å². The molecule has 0 radical (unpaired) electrons. The first-order valence-electron chi connectivity index (χ1n) is 6.46. The van der Waals surface area contributed by atoms with E-state index >= 15 is 0 Å². The van der Waals surface area contributed by atoms with Crippen molar-refractivity contribution in [2.24, 2.45) is 0 Å². The summed E-state index contributed by atoms with van der Waals surface area (Å²) in [5, 5.41) is 6.39. The number of rotatable bonds is 5. The monoisotopic (exact) mass is 386 g/mol. The number of halogens is 2. The van der Waals surface area contributed by atoms with Crippen molar-refractivity contribution in [1.82, 2.24) is 9.97 Å². The molecule has 1 aromatic heterocycles. The molecule has 1 aromatic carbocycles. The number of nitrogens with one attached hydrogen (secondary N) is 2. The molecular weight excluding hydrogens is 370 g/mol. The summed E-state index contributed by atoms with van der Waals surface area (Å²) in [5.74, 6) is 2.02. The van der Waals surface area contributed by atoms with Crippen LogP contribution >= 0.6 is 22.6 Å². The third-order valence-electron chi connectivity index (χ3n) is 2.64. The van der Waals surface area contributed by atoms with E-state index < -0.39 is 0 Å². The van der Waals surface area contributed by atoms with Gasteiger partial charge in [-0.2, -0.15) is 0 Å². The lowest BCUT2D eigenvalue weighted by Crippen LogP contribution is -2.06. The summed E-state index contributed by atoms with van der Waals surface area (Å²) in [6, 6.07) is 6.47. The first-order chi connectivity index (χ1) is 9.62. The van der Waals surface area contributed by atoms with Crippen LogP contribution in [0.5, 0.6) is 0 Å². The summed E-state index contributed by atoms with van der Waals surface area (Å²) in [7, 11) is 0. The number of aromatic nitrogens is 2. The molecule has 0 aliphatic heterocycles. The van der Waals surface area contributed by atoms with Gasteiger partial charge in [0, 0.05) is 22.6 Å². The van der Waals surface area contributed by atoms with Gasteiger partial charge in [0.1, 0.15) is 23.3 Å². The molecule has 6 heteroatoms. The molecule has 0 fully saturated rings. The second kappa shape index (κ2) is 6.83. The summed E-state index contributed by atoms with van der Waals surface area (Å²) in [6.45, 7) is 4.83. The molecule has 0 aliphatic rings. The molecule has 4 nitrogen and oxygen atoms in total.